The fourth-order valence-electron chi connectivity index (χ4n) is 8.57. The summed E-state index contributed by atoms with van der Waals surface area (Å²) in [5.41, 5.74) is 0. The standard InChI is InChI=1S/C70H116O6/c1-4-7-10-13-16-19-22-25-28-31-32-33-34-35-36-37-40-42-45-48-51-54-57-60-63-69(72)75-66-67(76-70(73)64-61-58-55-52-49-46-43-39-30-27-24-21-18-15-12-9-6-3)65-74-68(71)62-59-56-53-50-47-44-41-38-29-26-23-20-17-14-11-8-5-2/h8-9,11-12,17-18,20-21,26-27,29-30,41,43-44,46,50,52-53,55,67H,4-7,10,13-16,19,22-25,28,31-40,42,45,47-49,51,54,56-66H2,1-3H3/b11-8-,12-9-,20-17-,21-18-,29-26-,30-27-,44-41-,46-43-,53-50-,55-52-. The molecule has 76 heavy (non-hydrogen) atoms. The Kier molecular flexibility index (Phi) is 59.9. The van der Waals surface area contributed by atoms with Crippen LogP contribution in [0.4, 0.5) is 0 Å². The maximum absolute atomic E-state index is 12.9. The second-order valence-corrected chi connectivity index (χ2v) is 20.6. The molecule has 6 heteroatoms. The average molecular weight is 1050 g/mol. The molecule has 0 spiro atoms. The Morgan fingerprint density at radius 2 is 0.513 bits per heavy atom. The van der Waals surface area contributed by atoms with Gasteiger partial charge in [-0.25, -0.2) is 0 Å². The van der Waals surface area contributed by atoms with Gasteiger partial charge in [-0.3, -0.25) is 14.4 Å². The Hall–Kier alpha value is -4.19. The van der Waals surface area contributed by atoms with Crippen LogP contribution >= 0.6 is 0 Å². The first-order chi connectivity index (χ1) is 37.5. The summed E-state index contributed by atoms with van der Waals surface area (Å²) in [6.45, 7) is 6.34. The number of carbonyl (C=O) groups excluding carboxylic acids is 3. The summed E-state index contributed by atoms with van der Waals surface area (Å²) in [6, 6.07) is 0. The van der Waals surface area contributed by atoms with Crippen molar-refractivity contribution in [1.29, 1.82) is 0 Å². The minimum atomic E-state index is -0.834. The van der Waals surface area contributed by atoms with E-state index in [1.165, 1.54) is 135 Å². The average Bonchev–Trinajstić information content (AvgIpc) is 3.42. The molecule has 0 aromatic heterocycles. The first-order valence-electron chi connectivity index (χ1n) is 31.5. The third-order valence-corrected chi connectivity index (χ3v) is 13.2. The van der Waals surface area contributed by atoms with E-state index in [4.69, 9.17) is 14.2 Å². The van der Waals surface area contributed by atoms with E-state index in [1.54, 1.807) is 0 Å². The highest BCUT2D eigenvalue weighted by Crippen LogP contribution is 2.17. The Labute approximate surface area is 469 Å². The second kappa shape index (κ2) is 63.3. The number of allylic oxidation sites excluding steroid dienone is 20. The summed E-state index contributed by atoms with van der Waals surface area (Å²) in [7, 11) is 0. The quantitative estimate of drug-likeness (QED) is 0.0261. The summed E-state index contributed by atoms with van der Waals surface area (Å²) >= 11 is 0. The normalized spacial score (nSPS) is 12.9. The first-order valence-corrected chi connectivity index (χ1v) is 31.5. The van der Waals surface area contributed by atoms with E-state index >= 15 is 0 Å². The highest BCUT2D eigenvalue weighted by molar-refractivity contribution is 5.71. The van der Waals surface area contributed by atoms with Crippen molar-refractivity contribution < 1.29 is 28.6 Å². The lowest BCUT2D eigenvalue weighted by atomic mass is 10.0. The van der Waals surface area contributed by atoms with Crippen LogP contribution in [0.1, 0.15) is 284 Å². The van der Waals surface area contributed by atoms with Gasteiger partial charge in [0.05, 0.1) is 0 Å². The smallest absolute Gasteiger partial charge is 0.306 e. The van der Waals surface area contributed by atoms with Crippen molar-refractivity contribution in [1.82, 2.24) is 0 Å². The molecule has 0 aliphatic carbocycles. The Morgan fingerprint density at radius 3 is 0.803 bits per heavy atom. The number of ether oxygens (including phenoxy) is 3. The largest absolute Gasteiger partial charge is 0.462 e. The van der Waals surface area contributed by atoms with Crippen molar-refractivity contribution in [3.63, 3.8) is 0 Å². The Balaban J connectivity index is 4.45. The van der Waals surface area contributed by atoms with Gasteiger partial charge in [0.25, 0.3) is 0 Å². The van der Waals surface area contributed by atoms with Gasteiger partial charge in [-0.1, -0.05) is 290 Å². The summed E-state index contributed by atoms with van der Waals surface area (Å²) < 4.78 is 16.8. The van der Waals surface area contributed by atoms with Gasteiger partial charge in [-0.2, -0.15) is 0 Å². The number of rotatable bonds is 56. The number of unbranched alkanes of at least 4 members (excludes halogenated alkanes) is 25. The van der Waals surface area contributed by atoms with E-state index < -0.39 is 6.10 Å². The Bertz CT molecular complexity index is 1590. The van der Waals surface area contributed by atoms with Crippen LogP contribution in [0.2, 0.25) is 0 Å². The molecule has 0 amide bonds. The van der Waals surface area contributed by atoms with Crippen LogP contribution in [0.15, 0.2) is 122 Å². The summed E-state index contributed by atoms with van der Waals surface area (Å²) in [5.74, 6) is -1.03. The third-order valence-electron chi connectivity index (χ3n) is 13.2. The van der Waals surface area contributed by atoms with Crippen molar-refractivity contribution >= 4 is 17.9 Å². The molecule has 0 heterocycles. The molecule has 0 radical (unpaired) electrons. The molecule has 1 atom stereocenters. The maximum atomic E-state index is 12.9. The number of hydrogen-bond acceptors (Lipinski definition) is 6. The van der Waals surface area contributed by atoms with E-state index in [1.807, 2.05) is 0 Å². The van der Waals surface area contributed by atoms with Crippen molar-refractivity contribution in [2.24, 2.45) is 0 Å². The van der Waals surface area contributed by atoms with E-state index in [0.717, 1.165) is 96.3 Å². The van der Waals surface area contributed by atoms with Crippen LogP contribution in [0.5, 0.6) is 0 Å². The van der Waals surface area contributed by atoms with Gasteiger partial charge in [-0.05, 0) is 96.3 Å². The first kappa shape index (κ1) is 71.8. The number of carbonyl (C=O) groups is 3. The molecular formula is C70H116O6. The number of hydrogen-bond donors (Lipinski definition) is 0. The van der Waals surface area contributed by atoms with Crippen molar-refractivity contribution in [2.45, 2.75) is 290 Å². The van der Waals surface area contributed by atoms with Gasteiger partial charge in [0, 0.05) is 19.3 Å². The van der Waals surface area contributed by atoms with Crippen molar-refractivity contribution in [3.05, 3.63) is 122 Å². The van der Waals surface area contributed by atoms with Crippen LogP contribution in [0, 0.1) is 0 Å². The molecule has 0 aromatic rings. The van der Waals surface area contributed by atoms with Crippen LogP contribution in [0.25, 0.3) is 0 Å². The number of esters is 3. The van der Waals surface area contributed by atoms with Crippen molar-refractivity contribution in [2.75, 3.05) is 13.2 Å². The van der Waals surface area contributed by atoms with Gasteiger partial charge in [-0.15, -0.1) is 0 Å². The van der Waals surface area contributed by atoms with E-state index in [2.05, 4.69) is 142 Å². The molecule has 0 rings (SSSR count). The van der Waals surface area contributed by atoms with Gasteiger partial charge >= 0.3 is 17.9 Å². The zero-order valence-electron chi connectivity index (χ0n) is 49.5. The topological polar surface area (TPSA) is 78.9 Å². The molecule has 432 valence electrons. The van der Waals surface area contributed by atoms with Crippen LogP contribution in [-0.2, 0) is 28.6 Å². The molecule has 0 fully saturated rings. The molecule has 0 aliphatic rings. The predicted molar refractivity (Wildman–Crippen MR) is 330 cm³/mol. The minimum absolute atomic E-state index is 0.119. The van der Waals surface area contributed by atoms with Crippen LogP contribution in [0.3, 0.4) is 0 Å². The van der Waals surface area contributed by atoms with Gasteiger partial charge in [0.2, 0.25) is 0 Å². The lowest BCUT2D eigenvalue weighted by Crippen LogP contribution is -2.30. The second-order valence-electron chi connectivity index (χ2n) is 20.6. The lowest BCUT2D eigenvalue weighted by Gasteiger charge is -2.18. The SMILES string of the molecule is CC/C=C\C/C=C\C/C=C\C/C=C\C/C=C\CCCC(=O)OCC(COC(=O)CCCCCCCCCCCCCCCCCCCCCCCCCC)OC(=O)CCC/C=C\C/C=C\C/C=C\C/C=C\C/C=C\CC. The van der Waals surface area contributed by atoms with Crippen LogP contribution < -0.4 is 0 Å². The van der Waals surface area contributed by atoms with Gasteiger partial charge < -0.3 is 14.2 Å². The molecule has 0 saturated carbocycles. The summed E-state index contributed by atoms with van der Waals surface area (Å²) in [4.78, 5) is 38.2. The predicted octanol–water partition coefficient (Wildman–Crippen LogP) is 21.6. The monoisotopic (exact) mass is 1050 g/mol. The third kappa shape index (κ3) is 60.7. The highest BCUT2D eigenvalue weighted by Gasteiger charge is 2.19. The minimum Gasteiger partial charge on any atom is -0.462 e. The van der Waals surface area contributed by atoms with E-state index in [9.17, 15) is 14.4 Å². The van der Waals surface area contributed by atoms with Gasteiger partial charge in [0.15, 0.2) is 6.10 Å². The highest BCUT2D eigenvalue weighted by atomic mass is 16.6. The molecule has 1 unspecified atom stereocenters. The molecule has 6 nitrogen and oxygen atoms in total. The zero-order chi connectivity index (χ0) is 55.0. The van der Waals surface area contributed by atoms with Crippen LogP contribution in [-0.4, -0.2) is 37.2 Å². The maximum Gasteiger partial charge on any atom is 0.306 e. The fourth-order valence-corrected chi connectivity index (χ4v) is 8.57. The molecule has 0 bridgehead atoms. The lowest BCUT2D eigenvalue weighted by molar-refractivity contribution is -0.167. The fraction of sp³-hybridized carbons (Fsp3) is 0.671. The van der Waals surface area contributed by atoms with E-state index in [0.29, 0.717) is 19.3 Å². The van der Waals surface area contributed by atoms with Gasteiger partial charge in [0.1, 0.15) is 13.2 Å². The summed E-state index contributed by atoms with van der Waals surface area (Å²) in [6.07, 6.45) is 88.0. The molecule has 0 saturated heterocycles. The molecule has 0 aliphatic heterocycles. The zero-order valence-corrected chi connectivity index (χ0v) is 49.5. The Morgan fingerprint density at radius 1 is 0.276 bits per heavy atom. The van der Waals surface area contributed by atoms with E-state index in [-0.39, 0.29) is 44.0 Å². The molecular weight excluding hydrogens is 937 g/mol. The van der Waals surface area contributed by atoms with Crippen molar-refractivity contribution in [3.8, 4) is 0 Å². The molecule has 0 N–H and O–H groups in total. The summed E-state index contributed by atoms with van der Waals surface area (Å²) in [5, 5.41) is 0. The molecule has 0 aromatic carbocycles.